The Hall–Kier alpha value is -4.19. The number of rotatable bonds is 37. The Morgan fingerprint density at radius 2 is 0.684 bits per heavy atom. The lowest BCUT2D eigenvalue weighted by Gasteiger charge is -2.18. The van der Waals surface area contributed by atoms with E-state index in [0.29, 0.717) is 19.3 Å². The molecule has 0 rings (SSSR count). The number of carbonyl (C=O) groups excluding carboxylic acids is 3. The van der Waals surface area contributed by atoms with Crippen LogP contribution in [0.25, 0.3) is 0 Å². The lowest BCUT2D eigenvalue weighted by atomic mass is 10.1. The van der Waals surface area contributed by atoms with E-state index < -0.39 is 6.10 Å². The molecule has 0 aliphatic carbocycles. The normalized spacial score (nSPS) is 13.2. The van der Waals surface area contributed by atoms with Gasteiger partial charge in [-0.2, -0.15) is 0 Å². The van der Waals surface area contributed by atoms with E-state index in [-0.39, 0.29) is 37.5 Å². The molecule has 0 aromatic heterocycles. The lowest BCUT2D eigenvalue weighted by Crippen LogP contribution is -2.30. The molecule has 6 heteroatoms. The predicted octanol–water partition coefficient (Wildman–Crippen LogP) is 14.2. The molecule has 0 bridgehead atoms. The lowest BCUT2D eigenvalue weighted by molar-refractivity contribution is -0.167. The van der Waals surface area contributed by atoms with Crippen LogP contribution >= 0.6 is 0 Å². The van der Waals surface area contributed by atoms with E-state index in [1.807, 2.05) is 60.8 Å². The zero-order valence-corrected chi connectivity index (χ0v) is 36.0. The van der Waals surface area contributed by atoms with Gasteiger partial charge in [0.05, 0.1) is 0 Å². The summed E-state index contributed by atoms with van der Waals surface area (Å²) in [6, 6.07) is 0. The van der Waals surface area contributed by atoms with Crippen molar-refractivity contribution in [2.45, 2.75) is 168 Å². The molecule has 0 radical (unpaired) electrons. The summed E-state index contributed by atoms with van der Waals surface area (Å²) in [5.74, 6) is -1.03. The summed E-state index contributed by atoms with van der Waals surface area (Å²) >= 11 is 0. The molecule has 0 aromatic carbocycles. The van der Waals surface area contributed by atoms with Crippen molar-refractivity contribution in [3.05, 3.63) is 122 Å². The molecule has 1 unspecified atom stereocenters. The molecule has 0 spiro atoms. The van der Waals surface area contributed by atoms with Crippen molar-refractivity contribution in [1.82, 2.24) is 0 Å². The Bertz CT molecular complexity index is 1270. The van der Waals surface area contributed by atoms with E-state index in [4.69, 9.17) is 14.2 Å². The quantitative estimate of drug-likeness (QED) is 0.0270. The maximum atomic E-state index is 12.7. The number of hydrogen-bond acceptors (Lipinski definition) is 6. The third kappa shape index (κ3) is 42.8. The van der Waals surface area contributed by atoms with Crippen LogP contribution in [-0.2, 0) is 28.6 Å². The predicted molar refractivity (Wildman–Crippen MR) is 242 cm³/mol. The molecule has 0 aliphatic heterocycles. The number of hydrogen-bond donors (Lipinski definition) is 0. The maximum Gasteiger partial charge on any atom is 0.306 e. The molecule has 6 nitrogen and oxygen atoms in total. The zero-order chi connectivity index (χ0) is 41.5. The van der Waals surface area contributed by atoms with Gasteiger partial charge in [0.15, 0.2) is 6.10 Å². The van der Waals surface area contributed by atoms with Crippen LogP contribution in [0.3, 0.4) is 0 Å². The highest BCUT2D eigenvalue weighted by Gasteiger charge is 2.19. The summed E-state index contributed by atoms with van der Waals surface area (Å²) in [7, 11) is 0. The van der Waals surface area contributed by atoms with Crippen LogP contribution in [0.1, 0.15) is 162 Å². The minimum absolute atomic E-state index is 0.120. The minimum atomic E-state index is -0.820. The summed E-state index contributed by atoms with van der Waals surface area (Å²) in [6.45, 7) is 6.18. The van der Waals surface area contributed by atoms with Crippen LogP contribution in [0, 0.1) is 0 Å². The molecule has 318 valence electrons. The van der Waals surface area contributed by atoms with E-state index in [1.165, 1.54) is 12.8 Å². The smallest absolute Gasteiger partial charge is 0.306 e. The molecule has 0 amide bonds. The number of esters is 3. The van der Waals surface area contributed by atoms with Crippen molar-refractivity contribution in [1.29, 1.82) is 0 Å². The maximum absolute atomic E-state index is 12.7. The van der Waals surface area contributed by atoms with Gasteiger partial charge in [0.1, 0.15) is 13.2 Å². The molecule has 0 aliphatic rings. The molecule has 57 heavy (non-hydrogen) atoms. The Kier molecular flexibility index (Phi) is 41.3. The van der Waals surface area contributed by atoms with Gasteiger partial charge in [-0.3, -0.25) is 14.4 Å². The van der Waals surface area contributed by atoms with E-state index in [0.717, 1.165) is 103 Å². The third-order valence-electron chi connectivity index (χ3n) is 8.65. The van der Waals surface area contributed by atoms with Crippen LogP contribution in [-0.4, -0.2) is 37.2 Å². The van der Waals surface area contributed by atoms with Crippen molar-refractivity contribution < 1.29 is 28.6 Å². The van der Waals surface area contributed by atoms with Crippen molar-refractivity contribution >= 4 is 17.9 Å². The second kappa shape index (κ2) is 44.5. The average molecular weight is 787 g/mol. The van der Waals surface area contributed by atoms with E-state index in [2.05, 4.69) is 81.5 Å². The molecule has 1 atom stereocenters. The fourth-order valence-corrected chi connectivity index (χ4v) is 5.32. The molecule has 0 fully saturated rings. The van der Waals surface area contributed by atoms with Crippen LogP contribution < -0.4 is 0 Å². The van der Waals surface area contributed by atoms with Crippen LogP contribution in [0.5, 0.6) is 0 Å². The number of unbranched alkanes of at least 4 members (excludes halogenated alkanes) is 13. The summed E-state index contributed by atoms with van der Waals surface area (Å²) < 4.78 is 16.6. The highest BCUT2D eigenvalue weighted by molar-refractivity contribution is 5.71. The van der Waals surface area contributed by atoms with Crippen LogP contribution in [0.15, 0.2) is 122 Å². The number of ether oxygens (including phenoxy) is 3. The second-order valence-electron chi connectivity index (χ2n) is 14.1. The first-order valence-electron chi connectivity index (χ1n) is 22.2. The molecular formula is C51H78O6. The van der Waals surface area contributed by atoms with Gasteiger partial charge in [-0.25, -0.2) is 0 Å². The van der Waals surface area contributed by atoms with Crippen LogP contribution in [0.4, 0.5) is 0 Å². The molecule has 0 saturated heterocycles. The monoisotopic (exact) mass is 787 g/mol. The van der Waals surface area contributed by atoms with Crippen molar-refractivity contribution in [2.24, 2.45) is 0 Å². The van der Waals surface area contributed by atoms with Gasteiger partial charge in [0, 0.05) is 19.3 Å². The first kappa shape index (κ1) is 52.8. The van der Waals surface area contributed by atoms with Gasteiger partial charge in [-0.1, -0.05) is 187 Å². The summed E-state index contributed by atoms with van der Waals surface area (Å²) in [5.41, 5.74) is 0. The molecule has 0 N–H and O–H groups in total. The van der Waals surface area contributed by atoms with Gasteiger partial charge in [-0.05, 0) is 77.0 Å². The fourth-order valence-electron chi connectivity index (χ4n) is 5.32. The van der Waals surface area contributed by atoms with E-state index in [1.54, 1.807) is 0 Å². The standard InChI is InChI=1S/C51H78O6/c1-4-7-10-13-16-19-22-24-25-27-29-32-35-38-41-44-50(53)56-47-48(46-55-49(52)43-40-37-34-31-28-21-18-15-12-9-6-3)57-51(54)45-42-39-36-33-30-26-23-20-17-14-11-8-5-2/h7-8,10-11,13-26,28,30,48H,4-6,9,12,27,29,31-47H2,1-3H3/b10-7-,11-8-,16-13-,17-14-,18-15-,22-19-,23-20-,25-24-,28-21-,30-26-. The second-order valence-corrected chi connectivity index (χ2v) is 14.1. The van der Waals surface area contributed by atoms with Gasteiger partial charge in [0.25, 0.3) is 0 Å². The number of carbonyl (C=O) groups is 3. The number of allylic oxidation sites excluding steroid dienone is 20. The third-order valence-corrected chi connectivity index (χ3v) is 8.65. The van der Waals surface area contributed by atoms with Crippen molar-refractivity contribution in [2.75, 3.05) is 13.2 Å². The summed E-state index contributed by atoms with van der Waals surface area (Å²) in [6.07, 6.45) is 60.4. The Morgan fingerprint density at radius 3 is 1.11 bits per heavy atom. The molecular weight excluding hydrogens is 709 g/mol. The van der Waals surface area contributed by atoms with E-state index >= 15 is 0 Å². The first-order valence-corrected chi connectivity index (χ1v) is 22.2. The Morgan fingerprint density at radius 1 is 0.368 bits per heavy atom. The van der Waals surface area contributed by atoms with Gasteiger partial charge < -0.3 is 14.2 Å². The minimum Gasteiger partial charge on any atom is -0.462 e. The molecule has 0 heterocycles. The summed E-state index contributed by atoms with van der Waals surface area (Å²) in [5, 5.41) is 0. The fraction of sp³-hybridized carbons (Fsp3) is 0.549. The Labute approximate surface area is 348 Å². The largest absolute Gasteiger partial charge is 0.462 e. The topological polar surface area (TPSA) is 78.9 Å². The van der Waals surface area contributed by atoms with E-state index in [9.17, 15) is 14.4 Å². The van der Waals surface area contributed by atoms with Crippen LogP contribution in [0.2, 0.25) is 0 Å². The highest BCUT2D eigenvalue weighted by Crippen LogP contribution is 2.11. The van der Waals surface area contributed by atoms with Gasteiger partial charge in [-0.15, -0.1) is 0 Å². The zero-order valence-electron chi connectivity index (χ0n) is 36.0. The SMILES string of the molecule is CC\C=C/C=C\C=C/C=C\CCCCCCCC(=O)OCC(COC(=O)CCCCC/C=C\C=C/CCCC)OC(=O)CCCCC\C=C/C=C\C=C/C=C\CC. The summed E-state index contributed by atoms with van der Waals surface area (Å²) in [4.78, 5) is 37.7. The van der Waals surface area contributed by atoms with Crippen molar-refractivity contribution in [3.63, 3.8) is 0 Å². The van der Waals surface area contributed by atoms with Gasteiger partial charge in [0.2, 0.25) is 0 Å². The molecule has 0 aromatic rings. The Balaban J connectivity index is 4.56. The highest BCUT2D eigenvalue weighted by atomic mass is 16.6. The average Bonchev–Trinajstić information content (AvgIpc) is 3.21. The molecule has 0 saturated carbocycles. The first-order chi connectivity index (χ1) is 28.0. The van der Waals surface area contributed by atoms with Crippen molar-refractivity contribution in [3.8, 4) is 0 Å². The van der Waals surface area contributed by atoms with Gasteiger partial charge >= 0.3 is 17.9 Å².